The minimum absolute atomic E-state index is 0.0831. The molecule has 7 heteroatoms. The minimum atomic E-state index is -0.0831. The highest BCUT2D eigenvalue weighted by molar-refractivity contribution is 5.89. The molecule has 4 rings (SSSR count). The van der Waals surface area contributed by atoms with Crippen LogP contribution in [-0.2, 0) is 6.54 Å². The van der Waals surface area contributed by atoms with Gasteiger partial charge in [-0.25, -0.2) is 14.8 Å². The molecule has 2 aliphatic rings. The number of carbonyl (C=O) groups is 1. The Hall–Kier alpha value is -2.54. The number of carbonyl (C=O) groups excluding carboxylic acids is 1. The van der Waals surface area contributed by atoms with Gasteiger partial charge in [0.05, 0.1) is 23.8 Å². The Bertz CT molecular complexity index is 708. The molecule has 2 amide bonds. The number of piperazine rings is 1. The molecule has 2 aromatic heterocycles. The molecule has 25 heavy (non-hydrogen) atoms. The molecular weight excluding hydrogens is 316 g/mol. The number of amides is 2. The fourth-order valence-corrected chi connectivity index (χ4v) is 2.99. The molecule has 1 saturated carbocycles. The molecule has 1 saturated heterocycles. The van der Waals surface area contributed by atoms with Gasteiger partial charge in [0.15, 0.2) is 0 Å². The van der Waals surface area contributed by atoms with Crippen molar-refractivity contribution in [3.05, 3.63) is 48.3 Å². The molecule has 0 spiro atoms. The third-order valence-electron chi connectivity index (χ3n) is 4.64. The van der Waals surface area contributed by atoms with E-state index in [1.807, 2.05) is 29.3 Å². The van der Waals surface area contributed by atoms with Gasteiger partial charge in [0.1, 0.15) is 5.82 Å². The maximum atomic E-state index is 12.4. The summed E-state index contributed by atoms with van der Waals surface area (Å²) in [6.07, 6.45) is 7.57. The third kappa shape index (κ3) is 4.11. The van der Waals surface area contributed by atoms with Gasteiger partial charge in [-0.15, -0.1) is 0 Å². The number of hydrogen-bond acceptors (Lipinski definition) is 5. The molecule has 0 bridgehead atoms. The van der Waals surface area contributed by atoms with E-state index in [0.29, 0.717) is 24.7 Å². The van der Waals surface area contributed by atoms with Crippen molar-refractivity contribution >= 4 is 11.7 Å². The first-order valence-corrected chi connectivity index (χ1v) is 8.78. The zero-order valence-corrected chi connectivity index (χ0v) is 14.1. The predicted molar refractivity (Wildman–Crippen MR) is 94.1 cm³/mol. The average Bonchev–Trinajstić information content (AvgIpc) is 3.49. The lowest BCUT2D eigenvalue weighted by Gasteiger charge is -2.34. The summed E-state index contributed by atoms with van der Waals surface area (Å²) in [5, 5.41) is 2.89. The lowest BCUT2D eigenvalue weighted by Crippen LogP contribution is -2.49. The van der Waals surface area contributed by atoms with Crippen LogP contribution in [0.3, 0.4) is 0 Å². The lowest BCUT2D eigenvalue weighted by molar-refractivity contribution is 0.142. The molecule has 2 fully saturated rings. The molecule has 0 aromatic carbocycles. The second-order valence-corrected chi connectivity index (χ2v) is 6.62. The van der Waals surface area contributed by atoms with Crippen LogP contribution in [0.5, 0.6) is 0 Å². The quantitative estimate of drug-likeness (QED) is 0.924. The van der Waals surface area contributed by atoms with Gasteiger partial charge >= 0.3 is 6.03 Å². The second kappa shape index (κ2) is 7.14. The molecule has 3 heterocycles. The summed E-state index contributed by atoms with van der Waals surface area (Å²) in [6, 6.07) is 5.87. The highest BCUT2D eigenvalue weighted by Gasteiger charge is 2.26. The molecule has 2 aromatic rings. The van der Waals surface area contributed by atoms with E-state index in [-0.39, 0.29) is 6.03 Å². The van der Waals surface area contributed by atoms with Crippen molar-refractivity contribution in [3.63, 3.8) is 0 Å². The number of pyridine rings is 1. The van der Waals surface area contributed by atoms with Crippen LogP contribution in [0.25, 0.3) is 0 Å². The number of rotatable bonds is 4. The van der Waals surface area contributed by atoms with Crippen LogP contribution >= 0.6 is 0 Å². The van der Waals surface area contributed by atoms with Gasteiger partial charge in [0, 0.05) is 44.8 Å². The highest BCUT2D eigenvalue weighted by Crippen LogP contribution is 2.37. The van der Waals surface area contributed by atoms with Crippen LogP contribution < -0.4 is 5.32 Å². The largest absolute Gasteiger partial charge is 0.322 e. The maximum absolute atomic E-state index is 12.4. The summed E-state index contributed by atoms with van der Waals surface area (Å²) in [6.45, 7) is 3.94. The SMILES string of the molecule is O=C(Nc1cnc(C2CC2)nc1)N1CCN(Cc2ccccn2)CC1. The van der Waals surface area contributed by atoms with Gasteiger partial charge in [-0.2, -0.15) is 0 Å². The van der Waals surface area contributed by atoms with E-state index in [9.17, 15) is 4.79 Å². The zero-order chi connectivity index (χ0) is 17.1. The molecule has 1 N–H and O–H groups in total. The number of nitrogens with one attached hydrogen (secondary N) is 1. The van der Waals surface area contributed by atoms with Crippen LogP contribution in [0.15, 0.2) is 36.8 Å². The van der Waals surface area contributed by atoms with Crippen LogP contribution in [-0.4, -0.2) is 57.0 Å². The van der Waals surface area contributed by atoms with Gasteiger partial charge in [0.25, 0.3) is 0 Å². The zero-order valence-electron chi connectivity index (χ0n) is 14.1. The number of urea groups is 1. The summed E-state index contributed by atoms with van der Waals surface area (Å²) in [5.74, 6) is 1.41. The number of hydrogen-bond donors (Lipinski definition) is 1. The highest BCUT2D eigenvalue weighted by atomic mass is 16.2. The Balaban J connectivity index is 1.26. The molecule has 130 valence electrons. The molecule has 1 aliphatic carbocycles. The molecule has 0 radical (unpaired) electrons. The molecule has 1 aliphatic heterocycles. The first-order chi connectivity index (χ1) is 12.3. The normalized spacial score (nSPS) is 18.2. The number of nitrogens with zero attached hydrogens (tertiary/aromatic N) is 5. The van der Waals surface area contributed by atoms with Gasteiger partial charge in [-0.05, 0) is 25.0 Å². The topological polar surface area (TPSA) is 74.2 Å². The fourth-order valence-electron chi connectivity index (χ4n) is 2.99. The summed E-state index contributed by atoms with van der Waals surface area (Å²) >= 11 is 0. The van der Waals surface area contributed by atoms with Gasteiger partial charge in [-0.1, -0.05) is 6.07 Å². The van der Waals surface area contributed by atoms with E-state index in [2.05, 4.69) is 25.2 Å². The first kappa shape index (κ1) is 16.0. The Morgan fingerprint density at radius 2 is 1.84 bits per heavy atom. The average molecular weight is 338 g/mol. The molecule has 0 unspecified atom stereocenters. The fraction of sp³-hybridized carbons (Fsp3) is 0.444. The van der Waals surface area contributed by atoms with Crippen LogP contribution in [0.2, 0.25) is 0 Å². The van der Waals surface area contributed by atoms with Crippen molar-refractivity contribution in [2.24, 2.45) is 0 Å². The lowest BCUT2D eigenvalue weighted by atomic mass is 10.3. The van der Waals surface area contributed by atoms with E-state index in [1.165, 1.54) is 12.8 Å². The Morgan fingerprint density at radius 1 is 1.08 bits per heavy atom. The van der Waals surface area contributed by atoms with Crippen molar-refractivity contribution in [1.82, 2.24) is 24.8 Å². The minimum Gasteiger partial charge on any atom is -0.322 e. The monoisotopic (exact) mass is 338 g/mol. The Morgan fingerprint density at radius 3 is 2.48 bits per heavy atom. The van der Waals surface area contributed by atoms with Crippen LogP contribution in [0.4, 0.5) is 10.5 Å². The Kier molecular flexibility index (Phi) is 4.56. The summed E-state index contributed by atoms with van der Waals surface area (Å²) < 4.78 is 0. The van der Waals surface area contributed by atoms with Crippen molar-refractivity contribution in [2.75, 3.05) is 31.5 Å². The number of aromatic nitrogens is 3. The Labute approximate surface area is 147 Å². The van der Waals surface area contributed by atoms with Gasteiger partial charge in [-0.3, -0.25) is 9.88 Å². The summed E-state index contributed by atoms with van der Waals surface area (Å²) in [5.41, 5.74) is 1.72. The van der Waals surface area contributed by atoms with Crippen molar-refractivity contribution < 1.29 is 4.79 Å². The predicted octanol–water partition coefficient (Wildman–Crippen LogP) is 2.10. The van der Waals surface area contributed by atoms with Crippen LogP contribution in [0, 0.1) is 0 Å². The van der Waals surface area contributed by atoms with Crippen molar-refractivity contribution in [1.29, 1.82) is 0 Å². The van der Waals surface area contributed by atoms with E-state index in [1.54, 1.807) is 12.4 Å². The molecule has 0 atom stereocenters. The standard InChI is InChI=1S/C18H22N6O/c25-18(22-16-11-20-17(21-12-16)14-4-5-14)24-9-7-23(8-10-24)13-15-3-1-2-6-19-15/h1-3,6,11-12,14H,4-5,7-10,13H2,(H,22,25). The van der Waals surface area contributed by atoms with E-state index in [0.717, 1.165) is 31.2 Å². The summed E-state index contributed by atoms with van der Waals surface area (Å²) in [7, 11) is 0. The number of anilines is 1. The van der Waals surface area contributed by atoms with E-state index >= 15 is 0 Å². The van der Waals surface area contributed by atoms with Crippen molar-refractivity contribution in [2.45, 2.75) is 25.3 Å². The molecular formula is C18H22N6O. The van der Waals surface area contributed by atoms with Gasteiger partial charge in [0.2, 0.25) is 0 Å². The van der Waals surface area contributed by atoms with Crippen LogP contribution in [0.1, 0.15) is 30.3 Å². The smallest absolute Gasteiger partial charge is 0.322 e. The molecule has 7 nitrogen and oxygen atoms in total. The maximum Gasteiger partial charge on any atom is 0.322 e. The van der Waals surface area contributed by atoms with E-state index in [4.69, 9.17) is 0 Å². The van der Waals surface area contributed by atoms with E-state index < -0.39 is 0 Å². The third-order valence-corrected chi connectivity index (χ3v) is 4.64. The second-order valence-electron chi connectivity index (χ2n) is 6.62. The van der Waals surface area contributed by atoms with Gasteiger partial charge < -0.3 is 10.2 Å². The summed E-state index contributed by atoms with van der Waals surface area (Å²) in [4.78, 5) is 29.6. The first-order valence-electron chi connectivity index (χ1n) is 8.78. The van der Waals surface area contributed by atoms with Crippen molar-refractivity contribution in [3.8, 4) is 0 Å².